The van der Waals surface area contributed by atoms with Crippen molar-refractivity contribution in [1.82, 2.24) is 10.2 Å². The lowest BCUT2D eigenvalue weighted by atomic mass is 10.1. The van der Waals surface area contributed by atoms with Crippen LogP contribution in [-0.2, 0) is 6.61 Å². The second kappa shape index (κ2) is 5.45. The van der Waals surface area contributed by atoms with E-state index in [1.807, 2.05) is 39.8 Å². The van der Waals surface area contributed by atoms with Crippen molar-refractivity contribution in [1.29, 1.82) is 0 Å². The Morgan fingerprint density at radius 3 is 2.74 bits per heavy atom. The van der Waals surface area contributed by atoms with E-state index in [9.17, 15) is 5.11 Å². The van der Waals surface area contributed by atoms with Crippen LogP contribution in [0.3, 0.4) is 0 Å². The maximum atomic E-state index is 9.39. The number of nitrogens with zero attached hydrogens (tertiary/aromatic N) is 1. The third kappa shape index (κ3) is 2.79. The molecule has 4 nitrogen and oxygen atoms in total. The van der Waals surface area contributed by atoms with E-state index in [1.165, 1.54) is 0 Å². The standard InChI is InChI=1S/C15H20N2O2/c1-9-5-6-10(2)14(7-9)19-12(4)15-13(8-18)11(3)16-17-15/h5-7,12,18H,8H2,1-4H3,(H,16,17). The largest absolute Gasteiger partial charge is 0.484 e. The smallest absolute Gasteiger partial charge is 0.140 e. The molecule has 1 aromatic carbocycles. The maximum absolute atomic E-state index is 9.39. The molecular weight excluding hydrogens is 240 g/mol. The molecule has 1 aromatic heterocycles. The minimum Gasteiger partial charge on any atom is -0.484 e. The van der Waals surface area contributed by atoms with Gasteiger partial charge in [-0.1, -0.05) is 12.1 Å². The number of aromatic amines is 1. The molecule has 2 N–H and O–H groups in total. The van der Waals surface area contributed by atoms with Crippen LogP contribution in [0.2, 0.25) is 0 Å². The van der Waals surface area contributed by atoms with Crippen LogP contribution in [0.4, 0.5) is 0 Å². The number of aromatic nitrogens is 2. The first kappa shape index (κ1) is 13.6. The van der Waals surface area contributed by atoms with Crippen molar-refractivity contribution in [2.24, 2.45) is 0 Å². The minimum atomic E-state index is -0.201. The molecule has 0 saturated carbocycles. The number of rotatable bonds is 4. The summed E-state index contributed by atoms with van der Waals surface area (Å²) >= 11 is 0. The van der Waals surface area contributed by atoms with Crippen molar-refractivity contribution >= 4 is 0 Å². The van der Waals surface area contributed by atoms with E-state index >= 15 is 0 Å². The SMILES string of the molecule is Cc1ccc(C)c(OC(C)c2n[nH]c(C)c2CO)c1. The number of nitrogens with one attached hydrogen (secondary N) is 1. The highest BCUT2D eigenvalue weighted by Gasteiger charge is 2.18. The minimum absolute atomic E-state index is 0.0296. The Hall–Kier alpha value is -1.81. The summed E-state index contributed by atoms with van der Waals surface area (Å²) in [6.07, 6.45) is -0.201. The van der Waals surface area contributed by atoms with Crippen LogP contribution in [0.5, 0.6) is 5.75 Å². The Labute approximate surface area is 113 Å². The van der Waals surface area contributed by atoms with E-state index in [4.69, 9.17) is 4.74 Å². The third-order valence-electron chi connectivity index (χ3n) is 3.30. The molecule has 1 heterocycles. The van der Waals surface area contributed by atoms with Gasteiger partial charge in [0.1, 0.15) is 17.5 Å². The van der Waals surface area contributed by atoms with Crippen LogP contribution >= 0.6 is 0 Å². The second-order valence-corrected chi connectivity index (χ2v) is 4.90. The summed E-state index contributed by atoms with van der Waals surface area (Å²) in [4.78, 5) is 0. The zero-order valence-electron chi connectivity index (χ0n) is 11.8. The summed E-state index contributed by atoms with van der Waals surface area (Å²) in [6.45, 7) is 7.86. The summed E-state index contributed by atoms with van der Waals surface area (Å²) < 4.78 is 5.97. The monoisotopic (exact) mass is 260 g/mol. The molecule has 0 radical (unpaired) electrons. The molecule has 0 aliphatic carbocycles. The Kier molecular flexibility index (Phi) is 3.90. The number of benzene rings is 1. The van der Waals surface area contributed by atoms with E-state index in [-0.39, 0.29) is 12.7 Å². The molecule has 0 fully saturated rings. The molecule has 0 bridgehead atoms. The average molecular weight is 260 g/mol. The lowest BCUT2D eigenvalue weighted by Crippen LogP contribution is -2.07. The first-order valence-electron chi connectivity index (χ1n) is 6.41. The van der Waals surface area contributed by atoms with Crippen molar-refractivity contribution in [2.45, 2.75) is 40.4 Å². The lowest BCUT2D eigenvalue weighted by molar-refractivity contribution is 0.213. The van der Waals surface area contributed by atoms with Crippen LogP contribution in [0, 0.1) is 20.8 Å². The summed E-state index contributed by atoms with van der Waals surface area (Å²) in [5, 5.41) is 16.5. The van der Waals surface area contributed by atoms with Gasteiger partial charge >= 0.3 is 0 Å². The van der Waals surface area contributed by atoms with Crippen molar-refractivity contribution < 1.29 is 9.84 Å². The zero-order chi connectivity index (χ0) is 14.0. The molecule has 0 saturated heterocycles. The van der Waals surface area contributed by atoms with E-state index < -0.39 is 0 Å². The van der Waals surface area contributed by atoms with Gasteiger partial charge in [-0.15, -0.1) is 0 Å². The van der Waals surface area contributed by atoms with Crippen LogP contribution < -0.4 is 4.74 Å². The van der Waals surface area contributed by atoms with Crippen LogP contribution in [-0.4, -0.2) is 15.3 Å². The number of aryl methyl sites for hydroxylation is 3. The predicted octanol–water partition coefficient (Wildman–Crippen LogP) is 2.97. The number of ether oxygens (including phenoxy) is 1. The van der Waals surface area contributed by atoms with Gasteiger partial charge in [-0.2, -0.15) is 5.10 Å². The molecule has 0 spiro atoms. The molecule has 2 aromatic rings. The highest BCUT2D eigenvalue weighted by Crippen LogP contribution is 2.27. The Balaban J connectivity index is 2.25. The highest BCUT2D eigenvalue weighted by atomic mass is 16.5. The fraction of sp³-hybridized carbons (Fsp3) is 0.400. The zero-order valence-corrected chi connectivity index (χ0v) is 11.8. The molecule has 0 aliphatic rings. The summed E-state index contributed by atoms with van der Waals surface area (Å²) in [7, 11) is 0. The number of aliphatic hydroxyl groups is 1. The molecule has 2 rings (SSSR count). The van der Waals surface area contributed by atoms with Gasteiger partial charge in [-0.3, -0.25) is 5.10 Å². The number of hydrogen-bond acceptors (Lipinski definition) is 3. The maximum Gasteiger partial charge on any atom is 0.140 e. The Morgan fingerprint density at radius 1 is 1.32 bits per heavy atom. The highest BCUT2D eigenvalue weighted by molar-refractivity contribution is 5.37. The Bertz CT molecular complexity index is 576. The second-order valence-electron chi connectivity index (χ2n) is 4.90. The van der Waals surface area contributed by atoms with E-state index in [0.717, 1.165) is 33.8 Å². The Morgan fingerprint density at radius 2 is 2.05 bits per heavy atom. The van der Waals surface area contributed by atoms with Gasteiger partial charge < -0.3 is 9.84 Å². The van der Waals surface area contributed by atoms with Crippen molar-refractivity contribution in [3.63, 3.8) is 0 Å². The lowest BCUT2D eigenvalue weighted by Gasteiger charge is -2.16. The van der Waals surface area contributed by atoms with Crippen LogP contribution in [0.25, 0.3) is 0 Å². The molecule has 4 heteroatoms. The van der Waals surface area contributed by atoms with E-state index in [0.29, 0.717) is 0 Å². The number of aliphatic hydroxyl groups excluding tert-OH is 1. The molecule has 1 atom stereocenters. The van der Waals surface area contributed by atoms with Gasteiger partial charge in [0.15, 0.2) is 0 Å². The molecule has 0 amide bonds. The van der Waals surface area contributed by atoms with E-state index in [2.05, 4.69) is 16.3 Å². The first-order valence-corrected chi connectivity index (χ1v) is 6.41. The van der Waals surface area contributed by atoms with Gasteiger partial charge in [-0.25, -0.2) is 0 Å². The molecule has 19 heavy (non-hydrogen) atoms. The normalized spacial score (nSPS) is 12.5. The topological polar surface area (TPSA) is 58.1 Å². The molecule has 0 aliphatic heterocycles. The average Bonchev–Trinajstić information content (AvgIpc) is 2.75. The summed E-state index contributed by atoms with van der Waals surface area (Å²) in [5.74, 6) is 0.858. The van der Waals surface area contributed by atoms with Crippen molar-refractivity contribution in [3.8, 4) is 5.75 Å². The number of H-pyrrole nitrogens is 1. The number of hydrogen-bond donors (Lipinski definition) is 2. The van der Waals surface area contributed by atoms with Crippen molar-refractivity contribution in [3.05, 3.63) is 46.3 Å². The van der Waals surface area contributed by atoms with Crippen LogP contribution in [0.1, 0.15) is 41.1 Å². The molecular formula is C15H20N2O2. The van der Waals surface area contributed by atoms with E-state index in [1.54, 1.807) is 0 Å². The fourth-order valence-electron chi connectivity index (χ4n) is 2.09. The van der Waals surface area contributed by atoms with Gasteiger partial charge in [0, 0.05) is 11.3 Å². The van der Waals surface area contributed by atoms with Gasteiger partial charge in [0.2, 0.25) is 0 Å². The van der Waals surface area contributed by atoms with Gasteiger partial charge in [0.25, 0.3) is 0 Å². The van der Waals surface area contributed by atoms with Crippen LogP contribution in [0.15, 0.2) is 18.2 Å². The third-order valence-corrected chi connectivity index (χ3v) is 3.30. The van der Waals surface area contributed by atoms with Gasteiger partial charge in [-0.05, 0) is 44.9 Å². The fourth-order valence-corrected chi connectivity index (χ4v) is 2.09. The molecule has 1 unspecified atom stereocenters. The summed E-state index contributed by atoms with van der Waals surface area (Å²) in [5.41, 5.74) is 4.72. The summed E-state index contributed by atoms with van der Waals surface area (Å²) in [6, 6.07) is 6.12. The predicted molar refractivity (Wildman–Crippen MR) is 74.2 cm³/mol. The quantitative estimate of drug-likeness (QED) is 0.888. The molecule has 102 valence electrons. The first-order chi connectivity index (χ1) is 9.02. The van der Waals surface area contributed by atoms with Gasteiger partial charge in [0.05, 0.1) is 6.61 Å². The van der Waals surface area contributed by atoms with Crippen molar-refractivity contribution in [2.75, 3.05) is 0 Å².